The smallest absolute Gasteiger partial charge is 0.191 e. The topological polar surface area (TPSA) is 94.0 Å². The maximum Gasteiger partial charge on any atom is 0.191 e. The zero-order chi connectivity index (χ0) is 19.9. The Morgan fingerprint density at radius 2 is 2.04 bits per heavy atom. The van der Waals surface area contributed by atoms with E-state index in [9.17, 15) is 17.9 Å². The van der Waals surface area contributed by atoms with E-state index in [2.05, 4.69) is 20.5 Å². The highest BCUT2D eigenvalue weighted by Gasteiger charge is 2.20. The van der Waals surface area contributed by atoms with Gasteiger partial charge in [-0.2, -0.15) is 0 Å². The van der Waals surface area contributed by atoms with E-state index in [0.717, 1.165) is 25.9 Å². The van der Waals surface area contributed by atoms with Gasteiger partial charge in [-0.1, -0.05) is 6.07 Å². The molecule has 7 nitrogen and oxygen atoms in total. The fourth-order valence-electron chi connectivity index (χ4n) is 2.93. The van der Waals surface area contributed by atoms with Crippen LogP contribution in [0.1, 0.15) is 25.3 Å². The third kappa shape index (κ3) is 8.91. The largest absolute Gasteiger partial charge is 0.505 e. The minimum atomic E-state index is -2.93. The summed E-state index contributed by atoms with van der Waals surface area (Å²) in [6.07, 6.45) is 3.07. The van der Waals surface area contributed by atoms with Crippen molar-refractivity contribution < 1.29 is 17.9 Å². The number of sulfone groups is 1. The number of aliphatic imine (C=N–C) groups is 1. The summed E-state index contributed by atoms with van der Waals surface area (Å²) >= 11 is 0. The molecule has 1 saturated heterocycles. The van der Waals surface area contributed by atoms with Gasteiger partial charge in [0, 0.05) is 38.5 Å². The Morgan fingerprint density at radius 1 is 1.36 bits per heavy atom. The molecular weight excluding hydrogens is 498 g/mol. The summed E-state index contributed by atoms with van der Waals surface area (Å²) in [6, 6.07) is 4.51. The number of rotatable bonds is 7. The molecule has 0 spiro atoms. The molecular formula is C18H30FIN4O3S. The van der Waals surface area contributed by atoms with Crippen molar-refractivity contribution in [3.8, 4) is 5.75 Å². The first-order valence-electron chi connectivity index (χ1n) is 9.19. The van der Waals surface area contributed by atoms with Crippen molar-refractivity contribution in [2.75, 3.05) is 38.2 Å². The Morgan fingerprint density at radius 3 is 2.61 bits per heavy atom. The number of phenols is 1. The summed E-state index contributed by atoms with van der Waals surface area (Å²) in [5.41, 5.74) is 0.679. The summed E-state index contributed by atoms with van der Waals surface area (Å²) in [7, 11) is -2.93. The first-order chi connectivity index (χ1) is 12.8. The number of likely N-dealkylation sites (tertiary alicyclic amines) is 1. The monoisotopic (exact) mass is 528 g/mol. The number of nitrogens with one attached hydrogen (secondary N) is 2. The Balaban J connectivity index is 0.00000392. The van der Waals surface area contributed by atoms with Gasteiger partial charge in [0.1, 0.15) is 9.84 Å². The molecule has 1 aromatic carbocycles. The van der Waals surface area contributed by atoms with Gasteiger partial charge in [-0.25, -0.2) is 17.8 Å². The second kappa shape index (κ2) is 11.8. The van der Waals surface area contributed by atoms with Gasteiger partial charge in [0.15, 0.2) is 17.5 Å². The van der Waals surface area contributed by atoms with Crippen molar-refractivity contribution in [3.05, 3.63) is 29.6 Å². The van der Waals surface area contributed by atoms with Crippen molar-refractivity contribution in [2.45, 2.75) is 32.4 Å². The molecule has 10 heteroatoms. The highest BCUT2D eigenvalue weighted by Crippen LogP contribution is 2.16. The standard InChI is InChI=1S/C18H29FN4O3S.HI/c1-3-20-18(21-13-14-4-5-17(24)16(19)12-14)22-15-6-8-23(9-7-15)10-11-27(2,25)26;/h4-5,12,15,24H,3,6-11,13H2,1-2H3,(H2,20,21,22);1H. The molecule has 0 aromatic heterocycles. The average molecular weight is 528 g/mol. The van der Waals surface area contributed by atoms with E-state index in [1.165, 1.54) is 18.4 Å². The van der Waals surface area contributed by atoms with Crippen LogP contribution in [0.4, 0.5) is 4.39 Å². The quantitative estimate of drug-likeness (QED) is 0.284. The van der Waals surface area contributed by atoms with Crippen molar-refractivity contribution in [1.29, 1.82) is 0 Å². The maximum absolute atomic E-state index is 13.4. The zero-order valence-electron chi connectivity index (χ0n) is 16.3. The van der Waals surface area contributed by atoms with E-state index in [-0.39, 0.29) is 41.5 Å². The van der Waals surface area contributed by atoms with Crippen LogP contribution in [0, 0.1) is 5.82 Å². The van der Waals surface area contributed by atoms with E-state index < -0.39 is 15.7 Å². The Bertz CT molecular complexity index is 753. The molecule has 3 N–H and O–H groups in total. The van der Waals surface area contributed by atoms with Crippen LogP contribution in [0.3, 0.4) is 0 Å². The normalized spacial score (nSPS) is 16.5. The van der Waals surface area contributed by atoms with Crippen LogP contribution in [-0.4, -0.2) is 68.6 Å². The predicted octanol–water partition coefficient (Wildman–Crippen LogP) is 1.71. The molecule has 1 heterocycles. The summed E-state index contributed by atoms with van der Waals surface area (Å²) in [6.45, 7) is 5.26. The van der Waals surface area contributed by atoms with Gasteiger partial charge in [-0.05, 0) is 37.5 Å². The maximum atomic E-state index is 13.4. The van der Waals surface area contributed by atoms with E-state index in [1.54, 1.807) is 6.07 Å². The molecule has 1 aromatic rings. The first-order valence-corrected chi connectivity index (χ1v) is 11.2. The van der Waals surface area contributed by atoms with Crippen molar-refractivity contribution >= 4 is 39.8 Å². The lowest BCUT2D eigenvalue weighted by atomic mass is 10.1. The van der Waals surface area contributed by atoms with Crippen molar-refractivity contribution in [1.82, 2.24) is 15.5 Å². The number of hydrogen-bond donors (Lipinski definition) is 3. The SMILES string of the molecule is CCNC(=NCc1ccc(O)c(F)c1)NC1CCN(CCS(C)(=O)=O)CC1.I. The molecule has 0 bridgehead atoms. The number of halogens is 2. The number of aromatic hydroxyl groups is 1. The molecule has 160 valence electrons. The molecule has 2 rings (SSSR count). The summed E-state index contributed by atoms with van der Waals surface area (Å²) in [4.78, 5) is 6.66. The van der Waals surface area contributed by atoms with Gasteiger partial charge in [-0.15, -0.1) is 24.0 Å². The van der Waals surface area contributed by atoms with Crippen LogP contribution in [0.15, 0.2) is 23.2 Å². The number of hydrogen-bond acceptors (Lipinski definition) is 5. The number of piperidine rings is 1. The number of phenolic OH excluding ortho intramolecular Hbond substituents is 1. The second-order valence-corrected chi connectivity index (χ2v) is 9.13. The lowest BCUT2D eigenvalue weighted by Gasteiger charge is -2.32. The number of benzene rings is 1. The number of nitrogens with zero attached hydrogens (tertiary/aromatic N) is 2. The summed E-state index contributed by atoms with van der Waals surface area (Å²) in [5.74, 6) is -0.156. The molecule has 1 aliphatic rings. The molecule has 0 aliphatic carbocycles. The average Bonchev–Trinajstić information content (AvgIpc) is 2.61. The fourth-order valence-corrected chi connectivity index (χ4v) is 3.52. The Labute approximate surface area is 183 Å². The molecule has 0 unspecified atom stereocenters. The van der Waals surface area contributed by atoms with Crippen LogP contribution in [0.5, 0.6) is 5.75 Å². The van der Waals surface area contributed by atoms with E-state index in [1.807, 2.05) is 6.92 Å². The van der Waals surface area contributed by atoms with Crippen LogP contribution in [0.2, 0.25) is 0 Å². The van der Waals surface area contributed by atoms with Crippen molar-refractivity contribution in [3.63, 3.8) is 0 Å². The summed E-state index contributed by atoms with van der Waals surface area (Å²) in [5, 5.41) is 15.8. The minimum absolute atomic E-state index is 0. The Hall–Kier alpha value is -1.14. The van der Waals surface area contributed by atoms with Crippen LogP contribution < -0.4 is 10.6 Å². The van der Waals surface area contributed by atoms with Gasteiger partial charge in [0.2, 0.25) is 0 Å². The predicted molar refractivity (Wildman–Crippen MR) is 121 cm³/mol. The second-order valence-electron chi connectivity index (χ2n) is 6.87. The van der Waals surface area contributed by atoms with Gasteiger partial charge >= 0.3 is 0 Å². The van der Waals surface area contributed by atoms with E-state index in [0.29, 0.717) is 31.2 Å². The van der Waals surface area contributed by atoms with Gasteiger partial charge in [0.05, 0.1) is 12.3 Å². The third-order valence-corrected chi connectivity index (χ3v) is 5.41. The first kappa shape index (κ1) is 24.9. The van der Waals surface area contributed by atoms with Crippen LogP contribution >= 0.6 is 24.0 Å². The highest BCUT2D eigenvalue weighted by atomic mass is 127. The van der Waals surface area contributed by atoms with Crippen LogP contribution in [0.25, 0.3) is 0 Å². The highest BCUT2D eigenvalue weighted by molar-refractivity contribution is 14.0. The van der Waals surface area contributed by atoms with Crippen LogP contribution in [-0.2, 0) is 16.4 Å². The molecule has 0 radical (unpaired) electrons. The molecule has 28 heavy (non-hydrogen) atoms. The fraction of sp³-hybridized carbons (Fsp3) is 0.611. The van der Waals surface area contributed by atoms with Crippen molar-refractivity contribution in [2.24, 2.45) is 4.99 Å². The van der Waals surface area contributed by atoms with Gasteiger partial charge in [0.25, 0.3) is 0 Å². The van der Waals surface area contributed by atoms with E-state index in [4.69, 9.17) is 0 Å². The lowest BCUT2D eigenvalue weighted by Crippen LogP contribution is -2.49. The minimum Gasteiger partial charge on any atom is -0.505 e. The molecule has 0 atom stereocenters. The zero-order valence-corrected chi connectivity index (χ0v) is 19.5. The summed E-state index contributed by atoms with van der Waals surface area (Å²) < 4.78 is 36.0. The Kier molecular flexibility index (Phi) is 10.5. The van der Waals surface area contributed by atoms with Gasteiger partial charge in [-0.3, -0.25) is 0 Å². The molecule has 0 amide bonds. The molecule has 1 fully saturated rings. The van der Waals surface area contributed by atoms with E-state index >= 15 is 0 Å². The molecule has 0 saturated carbocycles. The molecule has 1 aliphatic heterocycles. The van der Waals surface area contributed by atoms with Gasteiger partial charge < -0.3 is 20.6 Å². The lowest BCUT2D eigenvalue weighted by molar-refractivity contribution is 0.216. The third-order valence-electron chi connectivity index (χ3n) is 4.48. The number of guanidine groups is 1.